The van der Waals surface area contributed by atoms with Gasteiger partial charge in [-0.05, 0) is 40.4 Å². The monoisotopic (exact) mass is 215 g/mol. The lowest BCUT2D eigenvalue weighted by molar-refractivity contribution is 0.180. The summed E-state index contributed by atoms with van der Waals surface area (Å²) in [5.41, 5.74) is 0. The van der Waals surface area contributed by atoms with Crippen LogP contribution in [0, 0.1) is 0 Å². The van der Waals surface area contributed by atoms with Gasteiger partial charge in [-0.3, -0.25) is 0 Å². The van der Waals surface area contributed by atoms with Crippen molar-refractivity contribution in [1.82, 2.24) is 4.90 Å². The summed E-state index contributed by atoms with van der Waals surface area (Å²) in [7, 11) is 4.27. The molecule has 0 aromatic heterocycles. The van der Waals surface area contributed by atoms with Crippen LogP contribution in [0.15, 0.2) is 0 Å². The predicted molar refractivity (Wildman–Crippen MR) is 67.2 cm³/mol. The van der Waals surface area contributed by atoms with Crippen molar-refractivity contribution in [3.8, 4) is 0 Å². The van der Waals surface area contributed by atoms with Gasteiger partial charge < -0.3 is 10.0 Å². The lowest BCUT2D eigenvalue weighted by Crippen LogP contribution is -2.12. The molecule has 0 spiro atoms. The Bertz CT molecular complexity index is 110. The van der Waals surface area contributed by atoms with Crippen LogP contribution < -0.4 is 0 Å². The molecule has 0 amide bonds. The van der Waals surface area contributed by atoms with Crippen molar-refractivity contribution in [1.29, 1.82) is 0 Å². The molecule has 1 atom stereocenters. The minimum Gasteiger partial charge on any atom is -0.393 e. The molecule has 2 heteroatoms. The van der Waals surface area contributed by atoms with Gasteiger partial charge in [0.25, 0.3) is 0 Å². The van der Waals surface area contributed by atoms with Crippen LogP contribution in [0.1, 0.15) is 58.3 Å². The molecule has 0 aromatic carbocycles. The van der Waals surface area contributed by atoms with Gasteiger partial charge in [-0.1, -0.05) is 38.5 Å². The summed E-state index contributed by atoms with van der Waals surface area (Å²) in [5, 5.41) is 9.07. The molecule has 1 unspecified atom stereocenters. The topological polar surface area (TPSA) is 23.5 Å². The summed E-state index contributed by atoms with van der Waals surface area (Å²) < 4.78 is 0. The van der Waals surface area contributed by atoms with E-state index in [1.54, 1.807) is 0 Å². The number of hydrogen-bond donors (Lipinski definition) is 1. The van der Waals surface area contributed by atoms with Gasteiger partial charge in [0.15, 0.2) is 0 Å². The van der Waals surface area contributed by atoms with Crippen molar-refractivity contribution in [3.63, 3.8) is 0 Å². The molecular weight excluding hydrogens is 186 g/mol. The van der Waals surface area contributed by atoms with Gasteiger partial charge >= 0.3 is 0 Å². The maximum Gasteiger partial charge on any atom is 0.0512 e. The third-order valence-electron chi connectivity index (χ3n) is 2.73. The molecule has 0 saturated heterocycles. The van der Waals surface area contributed by atoms with E-state index in [1.807, 2.05) is 6.92 Å². The van der Waals surface area contributed by atoms with E-state index in [0.717, 1.165) is 6.42 Å². The third-order valence-corrected chi connectivity index (χ3v) is 2.73. The van der Waals surface area contributed by atoms with E-state index in [9.17, 15) is 0 Å². The second-order valence-corrected chi connectivity index (χ2v) is 4.92. The van der Waals surface area contributed by atoms with Crippen LogP contribution in [-0.2, 0) is 0 Å². The fraction of sp³-hybridized carbons (Fsp3) is 1.00. The van der Waals surface area contributed by atoms with E-state index in [1.165, 1.54) is 51.5 Å². The normalized spacial score (nSPS) is 13.4. The Morgan fingerprint density at radius 2 is 1.33 bits per heavy atom. The first-order chi connectivity index (χ1) is 7.13. The first-order valence-corrected chi connectivity index (χ1v) is 6.45. The summed E-state index contributed by atoms with van der Waals surface area (Å²) in [5.74, 6) is 0. The van der Waals surface area contributed by atoms with Crippen LogP contribution in [0.25, 0.3) is 0 Å². The van der Waals surface area contributed by atoms with Crippen molar-refractivity contribution in [2.75, 3.05) is 20.6 Å². The van der Waals surface area contributed by atoms with E-state index in [4.69, 9.17) is 5.11 Å². The molecule has 0 rings (SSSR count). The second kappa shape index (κ2) is 10.4. The fourth-order valence-corrected chi connectivity index (χ4v) is 1.75. The minimum absolute atomic E-state index is 0.106. The van der Waals surface area contributed by atoms with Gasteiger partial charge in [0.1, 0.15) is 0 Å². The SMILES string of the molecule is CC(O)CCCCCCCCCN(C)C. The molecule has 2 nitrogen and oxygen atoms in total. The molecule has 0 aliphatic rings. The predicted octanol–water partition coefficient (Wildman–Crippen LogP) is 3.05. The van der Waals surface area contributed by atoms with E-state index >= 15 is 0 Å². The number of unbranched alkanes of at least 4 members (excludes halogenated alkanes) is 6. The first-order valence-electron chi connectivity index (χ1n) is 6.45. The van der Waals surface area contributed by atoms with Crippen molar-refractivity contribution < 1.29 is 5.11 Å². The lowest BCUT2D eigenvalue weighted by Gasteiger charge is -2.08. The summed E-state index contributed by atoms with van der Waals surface area (Å²) in [6.07, 6.45) is 10.1. The zero-order valence-corrected chi connectivity index (χ0v) is 10.8. The Balaban J connectivity index is 2.93. The number of rotatable bonds is 10. The smallest absolute Gasteiger partial charge is 0.0512 e. The first kappa shape index (κ1) is 14.9. The fourth-order valence-electron chi connectivity index (χ4n) is 1.75. The van der Waals surface area contributed by atoms with E-state index < -0.39 is 0 Å². The number of nitrogens with zero attached hydrogens (tertiary/aromatic N) is 1. The van der Waals surface area contributed by atoms with Crippen LogP contribution in [-0.4, -0.2) is 36.8 Å². The van der Waals surface area contributed by atoms with Gasteiger partial charge in [0.2, 0.25) is 0 Å². The van der Waals surface area contributed by atoms with Crippen molar-refractivity contribution in [2.24, 2.45) is 0 Å². The molecule has 0 heterocycles. The maximum atomic E-state index is 9.07. The molecule has 0 aromatic rings. The highest BCUT2D eigenvalue weighted by atomic mass is 16.3. The largest absolute Gasteiger partial charge is 0.393 e. The average molecular weight is 215 g/mol. The Labute approximate surface area is 95.7 Å². The third kappa shape index (κ3) is 13.9. The molecule has 0 aliphatic carbocycles. The van der Waals surface area contributed by atoms with Gasteiger partial charge in [0.05, 0.1) is 6.10 Å². The molecule has 0 bridgehead atoms. The van der Waals surface area contributed by atoms with Gasteiger partial charge in [-0.2, -0.15) is 0 Å². The summed E-state index contributed by atoms with van der Waals surface area (Å²) >= 11 is 0. The zero-order chi connectivity index (χ0) is 11.5. The number of hydrogen-bond acceptors (Lipinski definition) is 2. The van der Waals surface area contributed by atoms with Crippen LogP contribution in [0.4, 0.5) is 0 Å². The van der Waals surface area contributed by atoms with Gasteiger partial charge in [-0.15, -0.1) is 0 Å². The van der Waals surface area contributed by atoms with Crippen LogP contribution >= 0.6 is 0 Å². The molecule has 0 saturated carbocycles. The molecule has 1 N–H and O–H groups in total. The van der Waals surface area contributed by atoms with Crippen molar-refractivity contribution in [3.05, 3.63) is 0 Å². The Kier molecular flexibility index (Phi) is 10.4. The van der Waals surface area contributed by atoms with E-state index in [0.29, 0.717) is 0 Å². The molecule has 0 fully saturated rings. The Morgan fingerprint density at radius 3 is 1.80 bits per heavy atom. The van der Waals surface area contributed by atoms with Crippen LogP contribution in [0.2, 0.25) is 0 Å². The standard InChI is InChI=1S/C13H29NO/c1-13(15)11-9-7-5-4-6-8-10-12-14(2)3/h13,15H,4-12H2,1-3H3. The van der Waals surface area contributed by atoms with Crippen molar-refractivity contribution in [2.45, 2.75) is 64.4 Å². The summed E-state index contributed by atoms with van der Waals surface area (Å²) in [6.45, 7) is 3.10. The molecule has 15 heavy (non-hydrogen) atoms. The van der Waals surface area contributed by atoms with Crippen molar-refractivity contribution >= 4 is 0 Å². The lowest BCUT2D eigenvalue weighted by atomic mass is 10.1. The van der Waals surface area contributed by atoms with Gasteiger partial charge in [-0.25, -0.2) is 0 Å². The second-order valence-electron chi connectivity index (χ2n) is 4.92. The number of aliphatic hydroxyl groups is 1. The van der Waals surface area contributed by atoms with Crippen LogP contribution in [0.3, 0.4) is 0 Å². The zero-order valence-electron chi connectivity index (χ0n) is 10.8. The van der Waals surface area contributed by atoms with Gasteiger partial charge in [0, 0.05) is 0 Å². The van der Waals surface area contributed by atoms with Crippen LogP contribution in [0.5, 0.6) is 0 Å². The minimum atomic E-state index is -0.106. The summed E-state index contributed by atoms with van der Waals surface area (Å²) in [6, 6.07) is 0. The average Bonchev–Trinajstić information content (AvgIpc) is 2.14. The van der Waals surface area contributed by atoms with E-state index in [2.05, 4.69) is 19.0 Å². The highest BCUT2D eigenvalue weighted by molar-refractivity contribution is 4.51. The highest BCUT2D eigenvalue weighted by Crippen LogP contribution is 2.09. The Hall–Kier alpha value is -0.0800. The number of aliphatic hydroxyl groups excluding tert-OH is 1. The molecule has 92 valence electrons. The highest BCUT2D eigenvalue weighted by Gasteiger charge is 1.96. The maximum absolute atomic E-state index is 9.07. The molecular formula is C13H29NO. The molecule has 0 aliphatic heterocycles. The van der Waals surface area contributed by atoms with E-state index in [-0.39, 0.29) is 6.10 Å². The summed E-state index contributed by atoms with van der Waals surface area (Å²) in [4.78, 5) is 2.25. The quantitative estimate of drug-likeness (QED) is 0.566. The Morgan fingerprint density at radius 1 is 0.867 bits per heavy atom. The molecule has 0 radical (unpaired) electrons.